The zero-order chi connectivity index (χ0) is 16.6. The number of hydrogen-bond acceptors (Lipinski definition) is 3. The van der Waals surface area contributed by atoms with Crippen molar-refractivity contribution in [2.75, 3.05) is 4.90 Å². The molecule has 0 aromatic heterocycles. The summed E-state index contributed by atoms with van der Waals surface area (Å²) in [4.78, 5) is 14.7. The van der Waals surface area contributed by atoms with E-state index in [4.69, 9.17) is 35.4 Å². The average molecular weight is 445 g/mol. The first-order valence-corrected chi connectivity index (χ1v) is 9.22. The van der Waals surface area contributed by atoms with Crippen molar-refractivity contribution in [1.82, 2.24) is 0 Å². The van der Waals surface area contributed by atoms with Crippen LogP contribution < -0.4 is 4.90 Å². The van der Waals surface area contributed by atoms with Gasteiger partial charge in [0.1, 0.15) is 0 Å². The van der Waals surface area contributed by atoms with E-state index in [1.807, 2.05) is 24.3 Å². The van der Waals surface area contributed by atoms with Crippen LogP contribution in [0.1, 0.15) is 5.56 Å². The summed E-state index contributed by atoms with van der Waals surface area (Å²) in [7, 11) is 0. The van der Waals surface area contributed by atoms with Crippen molar-refractivity contribution in [3.05, 3.63) is 67.5 Å². The highest BCUT2D eigenvalue weighted by atomic mass is 79.9. The third-order valence-electron chi connectivity index (χ3n) is 3.15. The predicted octanol–water partition coefficient (Wildman–Crippen LogP) is 6.16. The van der Waals surface area contributed by atoms with E-state index in [-0.39, 0.29) is 5.91 Å². The van der Waals surface area contributed by atoms with Crippen molar-refractivity contribution in [1.29, 1.82) is 0 Å². The van der Waals surface area contributed by atoms with Gasteiger partial charge in [0.15, 0.2) is 4.32 Å². The number of halogens is 3. The van der Waals surface area contributed by atoms with Crippen LogP contribution in [-0.2, 0) is 4.79 Å². The molecule has 3 rings (SSSR count). The summed E-state index contributed by atoms with van der Waals surface area (Å²) in [6.07, 6.45) is 1.68. The Labute approximate surface area is 161 Å². The lowest BCUT2D eigenvalue weighted by Crippen LogP contribution is -2.27. The van der Waals surface area contributed by atoms with Crippen molar-refractivity contribution >= 4 is 85.1 Å². The summed E-state index contributed by atoms with van der Waals surface area (Å²) in [6, 6.07) is 12.6. The summed E-state index contributed by atoms with van der Waals surface area (Å²) in [6.45, 7) is 0. The minimum absolute atomic E-state index is 0.182. The molecular formula is C16H8BrCl2NOS2. The van der Waals surface area contributed by atoms with E-state index >= 15 is 0 Å². The van der Waals surface area contributed by atoms with Crippen LogP contribution in [0.15, 0.2) is 51.8 Å². The molecule has 2 aromatic carbocycles. The first-order valence-electron chi connectivity index (χ1n) is 6.45. The van der Waals surface area contributed by atoms with Gasteiger partial charge in [0.05, 0.1) is 10.6 Å². The monoisotopic (exact) mass is 443 g/mol. The lowest BCUT2D eigenvalue weighted by Gasteiger charge is -2.14. The molecule has 1 heterocycles. The fourth-order valence-corrected chi connectivity index (χ4v) is 4.11. The number of amides is 1. The van der Waals surface area contributed by atoms with E-state index in [0.717, 1.165) is 10.2 Å². The predicted molar refractivity (Wildman–Crippen MR) is 106 cm³/mol. The van der Waals surface area contributed by atoms with E-state index in [1.165, 1.54) is 16.7 Å². The van der Waals surface area contributed by atoms with Crippen LogP contribution in [0.25, 0.3) is 6.08 Å². The summed E-state index contributed by atoms with van der Waals surface area (Å²) in [5.74, 6) is -0.182. The number of hydrogen-bond donors (Lipinski definition) is 0. The van der Waals surface area contributed by atoms with Crippen molar-refractivity contribution in [2.24, 2.45) is 0 Å². The maximum atomic E-state index is 12.7. The summed E-state index contributed by atoms with van der Waals surface area (Å²) in [5.41, 5.74) is 1.34. The SMILES string of the molecule is O=C1/C(=C\c2c(Cl)cccc2Cl)SC(=S)N1c1ccc(Br)cc1. The molecule has 0 bridgehead atoms. The number of carbonyl (C=O) groups is 1. The van der Waals surface area contributed by atoms with Gasteiger partial charge in [-0.1, -0.05) is 69.2 Å². The largest absolute Gasteiger partial charge is 0.270 e. The van der Waals surface area contributed by atoms with Gasteiger partial charge in [0.25, 0.3) is 5.91 Å². The lowest BCUT2D eigenvalue weighted by atomic mass is 10.2. The molecular weight excluding hydrogens is 437 g/mol. The van der Waals surface area contributed by atoms with Crippen molar-refractivity contribution < 1.29 is 4.79 Å². The Morgan fingerprint density at radius 3 is 2.30 bits per heavy atom. The number of benzene rings is 2. The summed E-state index contributed by atoms with van der Waals surface area (Å²) < 4.78 is 1.41. The number of anilines is 1. The second-order valence-corrected chi connectivity index (χ2v) is 8.03. The zero-order valence-electron chi connectivity index (χ0n) is 11.4. The number of nitrogens with zero attached hydrogens (tertiary/aromatic N) is 1. The third-order valence-corrected chi connectivity index (χ3v) is 5.64. The minimum Gasteiger partial charge on any atom is -0.268 e. The quantitative estimate of drug-likeness (QED) is 0.408. The second kappa shape index (κ2) is 6.95. The molecule has 1 amide bonds. The third kappa shape index (κ3) is 3.49. The molecule has 2 nitrogen and oxygen atoms in total. The van der Waals surface area contributed by atoms with Gasteiger partial charge < -0.3 is 0 Å². The van der Waals surface area contributed by atoms with Gasteiger partial charge in [0.2, 0.25) is 0 Å². The van der Waals surface area contributed by atoms with Crippen LogP contribution in [0, 0.1) is 0 Å². The molecule has 0 aliphatic carbocycles. The first kappa shape index (κ1) is 17.0. The van der Waals surface area contributed by atoms with Crippen molar-refractivity contribution in [3.63, 3.8) is 0 Å². The molecule has 0 spiro atoms. The molecule has 1 aliphatic heterocycles. The van der Waals surface area contributed by atoms with Crippen LogP contribution in [0.3, 0.4) is 0 Å². The van der Waals surface area contributed by atoms with E-state index in [1.54, 1.807) is 24.3 Å². The van der Waals surface area contributed by atoms with E-state index in [2.05, 4.69) is 15.9 Å². The Balaban J connectivity index is 1.98. The number of rotatable bonds is 2. The zero-order valence-corrected chi connectivity index (χ0v) is 16.2. The van der Waals surface area contributed by atoms with Gasteiger partial charge in [-0.15, -0.1) is 0 Å². The summed E-state index contributed by atoms with van der Waals surface area (Å²) >= 11 is 22.3. The Bertz CT molecular complexity index is 816. The molecule has 7 heteroatoms. The van der Waals surface area contributed by atoms with Crippen LogP contribution in [-0.4, -0.2) is 10.2 Å². The van der Waals surface area contributed by atoms with Crippen LogP contribution in [0.5, 0.6) is 0 Å². The molecule has 116 valence electrons. The Morgan fingerprint density at radius 1 is 1.09 bits per heavy atom. The molecule has 1 fully saturated rings. The lowest BCUT2D eigenvalue weighted by molar-refractivity contribution is -0.113. The number of thioether (sulfide) groups is 1. The van der Waals surface area contributed by atoms with Crippen LogP contribution in [0.2, 0.25) is 10.0 Å². The van der Waals surface area contributed by atoms with E-state index in [0.29, 0.717) is 24.8 Å². The highest BCUT2D eigenvalue weighted by Gasteiger charge is 2.33. The van der Waals surface area contributed by atoms with Gasteiger partial charge in [-0.2, -0.15) is 0 Å². The van der Waals surface area contributed by atoms with E-state index in [9.17, 15) is 4.79 Å². The highest BCUT2D eigenvalue weighted by Crippen LogP contribution is 2.38. The highest BCUT2D eigenvalue weighted by molar-refractivity contribution is 9.10. The Kier molecular flexibility index (Phi) is 5.13. The maximum Gasteiger partial charge on any atom is 0.270 e. The molecule has 0 atom stereocenters. The average Bonchev–Trinajstić information content (AvgIpc) is 2.79. The normalized spacial score (nSPS) is 16.5. The molecule has 0 N–H and O–H groups in total. The van der Waals surface area contributed by atoms with Gasteiger partial charge in [0, 0.05) is 20.1 Å². The van der Waals surface area contributed by atoms with Crippen LogP contribution >= 0.6 is 63.1 Å². The number of thiocarbonyl (C=S) groups is 1. The smallest absolute Gasteiger partial charge is 0.268 e. The fraction of sp³-hybridized carbons (Fsp3) is 0. The van der Waals surface area contributed by atoms with Gasteiger partial charge >= 0.3 is 0 Å². The van der Waals surface area contributed by atoms with Crippen LogP contribution in [0.4, 0.5) is 5.69 Å². The molecule has 1 aliphatic rings. The fourth-order valence-electron chi connectivity index (χ4n) is 2.06. The number of carbonyl (C=O) groups excluding carboxylic acids is 1. The maximum absolute atomic E-state index is 12.7. The minimum atomic E-state index is -0.182. The Morgan fingerprint density at radius 2 is 1.70 bits per heavy atom. The molecule has 23 heavy (non-hydrogen) atoms. The first-order chi connectivity index (χ1) is 11.0. The standard InChI is InChI=1S/C16H8BrCl2NOS2/c17-9-4-6-10(7-5-9)20-15(21)14(23-16(20)22)8-11-12(18)2-1-3-13(11)19/h1-8H/b14-8+. The van der Waals surface area contributed by atoms with Crippen molar-refractivity contribution in [3.8, 4) is 0 Å². The molecule has 2 aromatic rings. The van der Waals surface area contributed by atoms with Gasteiger partial charge in [-0.25, -0.2) is 0 Å². The molecule has 0 saturated carbocycles. The Hall–Kier alpha value is -0.850. The van der Waals surface area contributed by atoms with E-state index < -0.39 is 0 Å². The molecule has 0 radical (unpaired) electrons. The molecule has 0 unspecified atom stereocenters. The van der Waals surface area contributed by atoms with Gasteiger partial charge in [-0.05, 0) is 42.5 Å². The second-order valence-electron chi connectivity index (χ2n) is 4.63. The molecule has 1 saturated heterocycles. The van der Waals surface area contributed by atoms with Crippen molar-refractivity contribution in [2.45, 2.75) is 0 Å². The topological polar surface area (TPSA) is 20.3 Å². The summed E-state index contributed by atoms with van der Waals surface area (Å²) in [5, 5.41) is 0.984. The van der Waals surface area contributed by atoms with Gasteiger partial charge in [-0.3, -0.25) is 9.69 Å².